The molecule has 0 spiro atoms. The highest BCUT2D eigenvalue weighted by Gasteiger charge is 2.39. The van der Waals surface area contributed by atoms with Gasteiger partial charge in [-0.1, -0.05) is 19.9 Å². The lowest BCUT2D eigenvalue weighted by Crippen LogP contribution is -2.57. The van der Waals surface area contributed by atoms with Gasteiger partial charge in [-0.2, -0.15) is 0 Å². The smallest absolute Gasteiger partial charge is 0.0594 e. The number of aromatic nitrogens is 1. The highest BCUT2D eigenvalue weighted by Crippen LogP contribution is 2.34. The molecule has 0 saturated carbocycles. The minimum absolute atomic E-state index is 0.0861. The lowest BCUT2D eigenvalue weighted by molar-refractivity contribution is -0.0327. The van der Waals surface area contributed by atoms with Crippen molar-refractivity contribution in [2.24, 2.45) is 0 Å². The van der Waals surface area contributed by atoms with Crippen molar-refractivity contribution in [1.82, 2.24) is 15.2 Å². The Hall–Kier alpha value is -0.970. The van der Waals surface area contributed by atoms with Crippen molar-refractivity contribution in [3.05, 3.63) is 30.1 Å². The number of nitrogens with zero attached hydrogens (tertiary/aromatic N) is 2. The molecule has 2 unspecified atom stereocenters. The van der Waals surface area contributed by atoms with Gasteiger partial charge < -0.3 is 10.1 Å². The van der Waals surface area contributed by atoms with Crippen molar-refractivity contribution in [3.8, 4) is 0 Å². The Bertz CT molecular complexity index is 392. The summed E-state index contributed by atoms with van der Waals surface area (Å²) in [4.78, 5) is 6.86. The van der Waals surface area contributed by atoms with E-state index in [0.717, 1.165) is 39.3 Å². The normalized spacial score (nSPS) is 21.4. The Morgan fingerprint density at radius 2 is 2.15 bits per heavy atom. The largest absolute Gasteiger partial charge is 0.379 e. The third kappa shape index (κ3) is 3.19. The molecule has 1 N–H and O–H groups in total. The second-order valence-electron chi connectivity index (χ2n) is 5.59. The van der Waals surface area contributed by atoms with Crippen LogP contribution in [-0.4, -0.2) is 48.3 Å². The SMILES string of the molecule is CCNC(c1cccnc1)C(C)(CC)N1CCOCC1. The van der Waals surface area contributed by atoms with Crippen LogP contribution in [0.15, 0.2) is 24.5 Å². The van der Waals surface area contributed by atoms with E-state index in [1.807, 2.05) is 18.5 Å². The summed E-state index contributed by atoms with van der Waals surface area (Å²) in [7, 11) is 0. The fourth-order valence-electron chi connectivity index (χ4n) is 3.13. The monoisotopic (exact) mass is 277 g/mol. The highest BCUT2D eigenvalue weighted by atomic mass is 16.5. The quantitative estimate of drug-likeness (QED) is 0.865. The molecule has 1 aliphatic heterocycles. The maximum Gasteiger partial charge on any atom is 0.0594 e. The van der Waals surface area contributed by atoms with Crippen molar-refractivity contribution in [2.75, 3.05) is 32.8 Å². The molecule has 1 aliphatic rings. The van der Waals surface area contributed by atoms with Crippen LogP contribution in [0.5, 0.6) is 0 Å². The Morgan fingerprint density at radius 3 is 2.70 bits per heavy atom. The number of ether oxygens (including phenoxy) is 1. The van der Waals surface area contributed by atoms with E-state index in [1.54, 1.807) is 0 Å². The molecule has 0 amide bonds. The van der Waals surface area contributed by atoms with E-state index in [2.05, 4.69) is 42.0 Å². The van der Waals surface area contributed by atoms with Crippen LogP contribution in [0, 0.1) is 0 Å². The van der Waals surface area contributed by atoms with E-state index in [1.165, 1.54) is 5.56 Å². The van der Waals surface area contributed by atoms with E-state index in [0.29, 0.717) is 6.04 Å². The van der Waals surface area contributed by atoms with Crippen LogP contribution in [0.2, 0.25) is 0 Å². The third-order valence-corrected chi connectivity index (χ3v) is 4.50. The van der Waals surface area contributed by atoms with Gasteiger partial charge in [-0.15, -0.1) is 0 Å². The van der Waals surface area contributed by atoms with Crippen molar-refractivity contribution in [3.63, 3.8) is 0 Å². The van der Waals surface area contributed by atoms with Crippen molar-refractivity contribution in [2.45, 2.75) is 38.8 Å². The first-order valence-corrected chi connectivity index (χ1v) is 7.68. The zero-order chi connectivity index (χ0) is 14.4. The van der Waals surface area contributed by atoms with Gasteiger partial charge >= 0.3 is 0 Å². The van der Waals surface area contributed by atoms with Crippen molar-refractivity contribution >= 4 is 0 Å². The predicted molar refractivity (Wildman–Crippen MR) is 81.7 cm³/mol. The summed E-state index contributed by atoms with van der Waals surface area (Å²) >= 11 is 0. The minimum atomic E-state index is 0.0861. The van der Waals surface area contributed by atoms with Gasteiger partial charge in [0.05, 0.1) is 19.3 Å². The Balaban J connectivity index is 2.28. The Labute approximate surface area is 122 Å². The number of rotatable bonds is 6. The van der Waals surface area contributed by atoms with Crippen LogP contribution in [0.4, 0.5) is 0 Å². The summed E-state index contributed by atoms with van der Waals surface area (Å²) in [6.45, 7) is 11.4. The van der Waals surface area contributed by atoms with E-state index in [-0.39, 0.29) is 5.54 Å². The van der Waals surface area contributed by atoms with Gasteiger partial charge in [0.25, 0.3) is 0 Å². The summed E-state index contributed by atoms with van der Waals surface area (Å²) in [5.41, 5.74) is 1.35. The van der Waals surface area contributed by atoms with Gasteiger partial charge in [-0.05, 0) is 31.5 Å². The van der Waals surface area contributed by atoms with E-state index >= 15 is 0 Å². The number of pyridine rings is 1. The number of morpholine rings is 1. The number of likely N-dealkylation sites (N-methyl/N-ethyl adjacent to an activating group) is 1. The first-order chi connectivity index (χ1) is 9.72. The van der Waals surface area contributed by atoms with Gasteiger partial charge in [0.15, 0.2) is 0 Å². The first-order valence-electron chi connectivity index (χ1n) is 7.68. The first kappa shape index (κ1) is 15.4. The molecule has 4 nitrogen and oxygen atoms in total. The molecule has 0 aromatic carbocycles. The average molecular weight is 277 g/mol. The van der Waals surface area contributed by atoms with Crippen LogP contribution >= 0.6 is 0 Å². The standard InChI is InChI=1S/C16H27N3O/c1-4-16(3,19-9-11-20-12-10-19)15(18-5-2)14-7-6-8-17-13-14/h6-8,13,15,18H,4-5,9-12H2,1-3H3. The highest BCUT2D eigenvalue weighted by molar-refractivity contribution is 5.19. The molecule has 1 fully saturated rings. The molecule has 2 atom stereocenters. The van der Waals surface area contributed by atoms with Crippen LogP contribution in [0.25, 0.3) is 0 Å². The van der Waals surface area contributed by atoms with E-state index < -0.39 is 0 Å². The molecular weight excluding hydrogens is 250 g/mol. The lowest BCUT2D eigenvalue weighted by Gasteiger charge is -2.48. The fourth-order valence-corrected chi connectivity index (χ4v) is 3.13. The maximum absolute atomic E-state index is 5.51. The average Bonchev–Trinajstić information content (AvgIpc) is 2.53. The van der Waals surface area contributed by atoms with Crippen LogP contribution in [0.3, 0.4) is 0 Å². The molecule has 112 valence electrons. The second kappa shape index (κ2) is 7.16. The zero-order valence-corrected chi connectivity index (χ0v) is 12.9. The molecule has 0 bridgehead atoms. The topological polar surface area (TPSA) is 37.4 Å². The Morgan fingerprint density at radius 1 is 1.40 bits per heavy atom. The third-order valence-electron chi connectivity index (χ3n) is 4.50. The molecule has 1 aromatic rings. The number of hydrogen-bond donors (Lipinski definition) is 1. The maximum atomic E-state index is 5.51. The summed E-state index contributed by atoms with van der Waals surface area (Å²) in [6.07, 6.45) is 4.92. The van der Waals surface area contributed by atoms with Crippen LogP contribution in [0.1, 0.15) is 38.8 Å². The summed E-state index contributed by atoms with van der Waals surface area (Å²) in [5.74, 6) is 0. The Kier molecular flexibility index (Phi) is 5.52. The summed E-state index contributed by atoms with van der Waals surface area (Å²) in [6, 6.07) is 4.49. The summed E-state index contributed by atoms with van der Waals surface area (Å²) in [5, 5.41) is 3.67. The van der Waals surface area contributed by atoms with Gasteiger partial charge in [0.1, 0.15) is 0 Å². The van der Waals surface area contributed by atoms with E-state index in [4.69, 9.17) is 4.74 Å². The minimum Gasteiger partial charge on any atom is -0.379 e. The molecule has 1 saturated heterocycles. The molecule has 2 heterocycles. The van der Waals surface area contributed by atoms with Gasteiger partial charge in [-0.25, -0.2) is 0 Å². The molecule has 0 radical (unpaired) electrons. The molecule has 0 aliphatic carbocycles. The molecule has 20 heavy (non-hydrogen) atoms. The van der Waals surface area contributed by atoms with Gasteiger partial charge in [0, 0.05) is 31.0 Å². The molecule has 2 rings (SSSR count). The van der Waals surface area contributed by atoms with Crippen molar-refractivity contribution < 1.29 is 4.74 Å². The second-order valence-corrected chi connectivity index (χ2v) is 5.59. The molecular formula is C16H27N3O. The van der Waals surface area contributed by atoms with Crippen LogP contribution in [-0.2, 0) is 4.74 Å². The number of hydrogen-bond acceptors (Lipinski definition) is 4. The predicted octanol–water partition coefficient (Wildman–Crippen LogP) is 2.23. The van der Waals surface area contributed by atoms with Gasteiger partial charge in [0.2, 0.25) is 0 Å². The fraction of sp³-hybridized carbons (Fsp3) is 0.688. The number of nitrogens with one attached hydrogen (secondary N) is 1. The van der Waals surface area contributed by atoms with Crippen LogP contribution < -0.4 is 5.32 Å². The van der Waals surface area contributed by atoms with Crippen molar-refractivity contribution in [1.29, 1.82) is 0 Å². The summed E-state index contributed by atoms with van der Waals surface area (Å²) < 4.78 is 5.51. The van der Waals surface area contributed by atoms with Gasteiger partial charge in [-0.3, -0.25) is 9.88 Å². The zero-order valence-electron chi connectivity index (χ0n) is 12.9. The van der Waals surface area contributed by atoms with E-state index in [9.17, 15) is 0 Å². The molecule has 4 heteroatoms. The lowest BCUT2D eigenvalue weighted by atomic mass is 9.83. The molecule has 1 aromatic heterocycles.